The van der Waals surface area contributed by atoms with Crippen LogP contribution in [0.3, 0.4) is 0 Å². The van der Waals surface area contributed by atoms with Gasteiger partial charge in [-0.05, 0) is 12.1 Å². The normalized spacial score (nSPS) is 12.8. The summed E-state index contributed by atoms with van der Waals surface area (Å²) >= 11 is 0. The predicted molar refractivity (Wildman–Crippen MR) is 111 cm³/mol. The largest absolute Gasteiger partial charge is 0.433 e. The number of sulfone groups is 1. The van der Waals surface area contributed by atoms with Crippen LogP contribution in [0.5, 0.6) is 0 Å². The van der Waals surface area contributed by atoms with Crippen LogP contribution in [-0.2, 0) is 32.8 Å². The Balaban J connectivity index is 2.27. The molecule has 0 N–H and O–H groups in total. The molecule has 0 aromatic carbocycles. The zero-order valence-corrected chi connectivity index (χ0v) is 19.0. The molecule has 14 heteroatoms. The molecule has 0 spiro atoms. The molecule has 0 saturated heterocycles. The minimum atomic E-state index is -4.68. The molecule has 32 heavy (non-hydrogen) atoms. The fourth-order valence-corrected chi connectivity index (χ4v) is 4.39. The standard InChI is InChI=1S/C18H18F3N5O4S2/c1-5-32(29,30)13-6-10(17(27)25-31(3,4)28)8-23-15(13)16-24-11-7-14(18(19,20)21)22-9-12(11)26(16)2/h6-9H,5H2,1-4H3. The lowest BCUT2D eigenvalue weighted by Crippen LogP contribution is -2.11. The molecule has 3 aromatic rings. The number of pyridine rings is 2. The number of hydrogen-bond donors (Lipinski definition) is 0. The summed E-state index contributed by atoms with van der Waals surface area (Å²) in [5.41, 5.74) is -1.32. The van der Waals surface area contributed by atoms with Crippen molar-refractivity contribution in [3.63, 3.8) is 0 Å². The van der Waals surface area contributed by atoms with Crippen molar-refractivity contribution in [2.45, 2.75) is 18.0 Å². The second-order valence-corrected chi connectivity index (χ2v) is 11.9. The highest BCUT2D eigenvalue weighted by Crippen LogP contribution is 2.32. The van der Waals surface area contributed by atoms with Gasteiger partial charge in [0.1, 0.15) is 11.4 Å². The summed E-state index contributed by atoms with van der Waals surface area (Å²) in [6.07, 6.45) is -0.139. The van der Waals surface area contributed by atoms with Gasteiger partial charge in [0, 0.05) is 35.5 Å². The van der Waals surface area contributed by atoms with Crippen molar-refractivity contribution >= 4 is 36.5 Å². The molecule has 0 saturated carbocycles. The van der Waals surface area contributed by atoms with Crippen LogP contribution >= 0.6 is 0 Å². The molecule has 0 aliphatic heterocycles. The van der Waals surface area contributed by atoms with Crippen LogP contribution in [0.4, 0.5) is 13.2 Å². The number of alkyl halides is 3. The van der Waals surface area contributed by atoms with Crippen LogP contribution in [0, 0.1) is 0 Å². The summed E-state index contributed by atoms with van der Waals surface area (Å²) < 4.78 is 81.2. The summed E-state index contributed by atoms with van der Waals surface area (Å²) in [6.45, 7) is 1.39. The highest BCUT2D eigenvalue weighted by molar-refractivity contribution is 7.92. The average Bonchev–Trinajstić information content (AvgIpc) is 3.01. The third-order valence-corrected chi connectivity index (χ3v) is 6.73. The molecule has 0 atom stereocenters. The molecule has 0 fully saturated rings. The van der Waals surface area contributed by atoms with Crippen LogP contribution < -0.4 is 0 Å². The molecule has 9 nitrogen and oxygen atoms in total. The van der Waals surface area contributed by atoms with Crippen molar-refractivity contribution < 1.29 is 30.6 Å². The van der Waals surface area contributed by atoms with Crippen LogP contribution in [0.2, 0.25) is 0 Å². The fourth-order valence-electron chi connectivity index (χ4n) is 2.83. The van der Waals surface area contributed by atoms with Gasteiger partial charge in [0.15, 0.2) is 15.7 Å². The van der Waals surface area contributed by atoms with Gasteiger partial charge in [0.25, 0.3) is 5.91 Å². The Labute approximate surface area is 181 Å². The first-order chi connectivity index (χ1) is 14.6. The van der Waals surface area contributed by atoms with E-state index in [0.717, 1.165) is 24.5 Å². The Bertz CT molecular complexity index is 1460. The first kappa shape index (κ1) is 23.8. The summed E-state index contributed by atoms with van der Waals surface area (Å²) in [5, 5.41) is 0. The molecule has 1 amide bonds. The third kappa shape index (κ3) is 4.65. The van der Waals surface area contributed by atoms with Crippen LogP contribution in [0.1, 0.15) is 23.0 Å². The van der Waals surface area contributed by atoms with E-state index in [4.69, 9.17) is 0 Å². The highest BCUT2D eigenvalue weighted by atomic mass is 32.2. The van der Waals surface area contributed by atoms with Crippen LogP contribution in [-0.4, -0.2) is 56.3 Å². The van der Waals surface area contributed by atoms with Crippen molar-refractivity contribution in [3.05, 3.63) is 35.8 Å². The number of nitrogens with zero attached hydrogens (tertiary/aromatic N) is 5. The molecule has 172 valence electrons. The van der Waals surface area contributed by atoms with E-state index in [0.29, 0.717) is 0 Å². The number of imidazole rings is 1. The molecule has 3 heterocycles. The maximum absolute atomic E-state index is 13.0. The number of halogens is 3. The number of carbonyl (C=O) groups excluding carboxylic acids is 1. The lowest BCUT2D eigenvalue weighted by Gasteiger charge is -2.10. The van der Waals surface area contributed by atoms with E-state index in [1.165, 1.54) is 31.1 Å². The van der Waals surface area contributed by atoms with E-state index in [-0.39, 0.29) is 38.8 Å². The molecule has 3 aromatic heterocycles. The molecule has 0 radical (unpaired) electrons. The monoisotopic (exact) mass is 489 g/mol. The second kappa shape index (κ2) is 7.92. The Kier molecular flexibility index (Phi) is 5.89. The van der Waals surface area contributed by atoms with Crippen molar-refractivity contribution in [1.82, 2.24) is 19.5 Å². The van der Waals surface area contributed by atoms with Gasteiger partial charge >= 0.3 is 6.18 Å². The zero-order valence-electron chi connectivity index (χ0n) is 17.3. The number of aryl methyl sites for hydroxylation is 1. The summed E-state index contributed by atoms with van der Waals surface area (Å²) in [7, 11) is -5.26. The van der Waals surface area contributed by atoms with Gasteiger partial charge in [-0.1, -0.05) is 6.92 Å². The molecular weight excluding hydrogens is 471 g/mol. The first-order valence-corrected chi connectivity index (χ1v) is 13.0. The number of aromatic nitrogens is 4. The van der Waals surface area contributed by atoms with Gasteiger partial charge in [0.2, 0.25) is 0 Å². The number of hydrogen-bond acceptors (Lipinski definition) is 7. The van der Waals surface area contributed by atoms with Crippen molar-refractivity contribution in [1.29, 1.82) is 0 Å². The summed E-state index contributed by atoms with van der Waals surface area (Å²) in [5.74, 6) is -1.27. The van der Waals surface area contributed by atoms with E-state index >= 15 is 0 Å². The third-order valence-electron chi connectivity index (χ3n) is 4.39. The van der Waals surface area contributed by atoms with Crippen molar-refractivity contribution in [2.24, 2.45) is 11.4 Å². The van der Waals surface area contributed by atoms with E-state index in [2.05, 4.69) is 19.3 Å². The van der Waals surface area contributed by atoms with Crippen molar-refractivity contribution in [2.75, 3.05) is 18.3 Å². The topological polar surface area (TPSA) is 124 Å². The zero-order chi connectivity index (χ0) is 24.1. The molecule has 3 rings (SSSR count). The number of amides is 1. The van der Waals surface area contributed by atoms with Crippen LogP contribution in [0.25, 0.3) is 22.6 Å². The molecular formula is C18H18F3N5O4S2. The fraction of sp³-hybridized carbons (Fsp3) is 0.333. The maximum Gasteiger partial charge on any atom is 0.433 e. The van der Waals surface area contributed by atoms with E-state index < -0.39 is 37.3 Å². The molecule has 0 bridgehead atoms. The highest BCUT2D eigenvalue weighted by Gasteiger charge is 2.33. The van der Waals surface area contributed by atoms with Crippen molar-refractivity contribution in [3.8, 4) is 11.5 Å². The van der Waals surface area contributed by atoms with Gasteiger partial charge in [-0.2, -0.15) is 17.5 Å². The summed E-state index contributed by atoms with van der Waals surface area (Å²) in [6, 6.07) is 1.81. The Morgan fingerprint density at radius 1 is 1.12 bits per heavy atom. The first-order valence-electron chi connectivity index (χ1n) is 8.98. The van der Waals surface area contributed by atoms with E-state index in [9.17, 15) is 30.6 Å². The smallest absolute Gasteiger partial charge is 0.324 e. The Morgan fingerprint density at radius 2 is 1.78 bits per heavy atom. The molecule has 0 aliphatic carbocycles. The quantitative estimate of drug-likeness (QED) is 0.552. The predicted octanol–water partition coefficient (Wildman–Crippen LogP) is 2.71. The SMILES string of the molecule is CCS(=O)(=O)c1cc(C(=O)N=S(C)(C)=O)cnc1-c1nc2cc(C(F)(F)F)ncc2n1C. The van der Waals surface area contributed by atoms with Gasteiger partial charge in [-0.15, -0.1) is 0 Å². The Hall–Kier alpha value is -2.87. The number of rotatable bonds is 4. The average molecular weight is 490 g/mol. The van der Waals surface area contributed by atoms with Gasteiger partial charge in [-0.3, -0.25) is 9.78 Å². The van der Waals surface area contributed by atoms with Crippen LogP contribution in [0.15, 0.2) is 33.8 Å². The van der Waals surface area contributed by atoms with Gasteiger partial charge in [0.05, 0.1) is 33.4 Å². The van der Waals surface area contributed by atoms with Gasteiger partial charge < -0.3 is 4.57 Å². The van der Waals surface area contributed by atoms with E-state index in [1.54, 1.807) is 0 Å². The minimum absolute atomic E-state index is 0.0288. The Morgan fingerprint density at radius 3 is 2.34 bits per heavy atom. The van der Waals surface area contributed by atoms with Gasteiger partial charge in [-0.25, -0.2) is 22.6 Å². The molecule has 0 unspecified atom stereocenters. The lowest BCUT2D eigenvalue weighted by atomic mass is 10.2. The maximum atomic E-state index is 13.0. The van der Waals surface area contributed by atoms with E-state index in [1.807, 2.05) is 0 Å². The minimum Gasteiger partial charge on any atom is -0.324 e. The number of carbonyl (C=O) groups is 1. The number of fused-ring (bicyclic) bond motifs is 1. The summed E-state index contributed by atoms with van der Waals surface area (Å²) in [4.78, 5) is 23.6. The molecule has 0 aliphatic rings. The second-order valence-electron chi connectivity index (χ2n) is 7.10. The lowest BCUT2D eigenvalue weighted by molar-refractivity contribution is -0.141.